The molecule has 3 aromatic rings. The number of nitrogens with zero attached hydrogens (tertiary/aromatic N) is 5. The van der Waals surface area contributed by atoms with E-state index in [0.29, 0.717) is 11.8 Å². The highest BCUT2D eigenvalue weighted by molar-refractivity contribution is 7.10. The molecule has 1 fully saturated rings. The minimum Gasteiger partial charge on any atom is -0.340 e. The Hall–Kier alpha value is -2.12. The topological polar surface area (TPSA) is 67.9 Å². The van der Waals surface area contributed by atoms with Gasteiger partial charge in [-0.2, -0.15) is 4.98 Å². The number of aryl methyl sites for hydroxylation is 1. The number of rotatable bonds is 4. The van der Waals surface area contributed by atoms with Gasteiger partial charge in [-0.15, -0.1) is 11.3 Å². The predicted molar refractivity (Wildman–Crippen MR) is 91.6 cm³/mol. The highest BCUT2D eigenvalue weighted by Gasteiger charge is 2.24. The first kappa shape index (κ1) is 15.4. The maximum atomic E-state index is 5.04. The lowest BCUT2D eigenvalue weighted by molar-refractivity contribution is 0.198. The fraction of sp³-hybridized carbons (Fsp3) is 0.412. The van der Waals surface area contributed by atoms with Crippen LogP contribution in [0.4, 0.5) is 0 Å². The van der Waals surface area contributed by atoms with E-state index in [1.165, 1.54) is 5.01 Å². The Morgan fingerprint density at radius 1 is 1.21 bits per heavy atom. The number of piperidine rings is 1. The van der Waals surface area contributed by atoms with Crippen LogP contribution in [-0.2, 0) is 6.54 Å². The number of pyridine rings is 1. The molecule has 4 heterocycles. The van der Waals surface area contributed by atoms with Crippen molar-refractivity contribution in [1.82, 2.24) is 25.0 Å². The van der Waals surface area contributed by atoms with E-state index in [0.717, 1.165) is 49.6 Å². The lowest BCUT2D eigenvalue weighted by atomic mass is 9.97. The summed E-state index contributed by atoms with van der Waals surface area (Å²) in [7, 11) is 0. The van der Waals surface area contributed by atoms with Crippen LogP contribution in [0.1, 0.15) is 35.5 Å². The second-order valence-electron chi connectivity index (χ2n) is 6.09. The molecule has 0 saturated carbocycles. The van der Waals surface area contributed by atoms with E-state index in [-0.39, 0.29) is 0 Å². The van der Waals surface area contributed by atoms with Crippen molar-refractivity contribution < 1.29 is 4.52 Å². The largest absolute Gasteiger partial charge is 0.340 e. The molecule has 0 atom stereocenters. The van der Waals surface area contributed by atoms with Crippen LogP contribution in [-0.4, -0.2) is 38.1 Å². The highest BCUT2D eigenvalue weighted by atomic mass is 32.1. The number of thiazole rings is 1. The molecule has 6 nitrogen and oxygen atoms in total. The van der Waals surface area contributed by atoms with Crippen LogP contribution in [0.3, 0.4) is 0 Å². The summed E-state index contributed by atoms with van der Waals surface area (Å²) < 4.78 is 5.04. The smallest absolute Gasteiger partial charge is 0.223 e. The molecule has 0 radical (unpaired) electrons. The summed E-state index contributed by atoms with van der Waals surface area (Å²) in [5.74, 6) is 1.96. The molecule has 7 heteroatoms. The molecule has 0 spiro atoms. The van der Waals surface area contributed by atoms with Gasteiger partial charge in [-0.25, -0.2) is 4.98 Å². The van der Waals surface area contributed by atoms with Crippen LogP contribution in [0.15, 0.2) is 34.4 Å². The molecule has 0 unspecified atom stereocenters. The van der Waals surface area contributed by atoms with Crippen LogP contribution in [0.25, 0.3) is 11.3 Å². The Kier molecular flexibility index (Phi) is 4.36. The fourth-order valence-corrected chi connectivity index (χ4v) is 4.07. The zero-order valence-corrected chi connectivity index (χ0v) is 14.4. The van der Waals surface area contributed by atoms with Crippen LogP contribution >= 0.6 is 11.3 Å². The van der Waals surface area contributed by atoms with E-state index in [9.17, 15) is 0 Å². The van der Waals surface area contributed by atoms with Gasteiger partial charge in [0.25, 0.3) is 0 Å². The van der Waals surface area contributed by atoms with Gasteiger partial charge in [0.05, 0.1) is 17.2 Å². The second-order valence-corrected chi connectivity index (χ2v) is 6.98. The van der Waals surface area contributed by atoms with E-state index in [4.69, 9.17) is 9.51 Å². The monoisotopic (exact) mass is 341 g/mol. The van der Waals surface area contributed by atoms with Crippen molar-refractivity contribution in [2.75, 3.05) is 13.1 Å². The lowest BCUT2D eigenvalue weighted by Gasteiger charge is -2.29. The van der Waals surface area contributed by atoms with E-state index in [1.807, 2.05) is 31.5 Å². The molecule has 4 rings (SSSR count). The number of aromatic nitrogens is 4. The average Bonchev–Trinajstić information content (AvgIpc) is 3.26. The minimum absolute atomic E-state index is 0.550. The summed E-state index contributed by atoms with van der Waals surface area (Å²) in [6, 6.07) is 4.02. The van der Waals surface area contributed by atoms with Gasteiger partial charge in [-0.05, 0) is 38.1 Å². The molecule has 0 N–H and O–H groups in total. The van der Waals surface area contributed by atoms with Crippen molar-refractivity contribution in [3.63, 3.8) is 0 Å². The molecular weight excluding hydrogens is 322 g/mol. The normalized spacial score (nSPS) is 16.5. The first-order chi connectivity index (χ1) is 11.8. The third-order valence-electron chi connectivity index (χ3n) is 4.37. The Labute approximate surface area is 144 Å². The standard InChI is InChI=1S/C17H19N5OS/c1-12-19-16(21-23-12)10-22-8-4-14(5-9-22)17-20-15(11-24-17)13-2-6-18-7-3-13/h2-3,6-7,11,14H,4-5,8-10H2,1H3. The van der Waals surface area contributed by atoms with Crippen LogP contribution < -0.4 is 0 Å². The number of hydrogen-bond donors (Lipinski definition) is 0. The van der Waals surface area contributed by atoms with Gasteiger partial charge in [0, 0.05) is 36.2 Å². The summed E-state index contributed by atoms with van der Waals surface area (Å²) in [4.78, 5) is 15.6. The first-order valence-electron chi connectivity index (χ1n) is 8.15. The highest BCUT2D eigenvalue weighted by Crippen LogP contribution is 2.33. The second kappa shape index (κ2) is 6.78. The molecule has 0 aliphatic carbocycles. The van der Waals surface area contributed by atoms with E-state index in [2.05, 4.69) is 25.4 Å². The number of hydrogen-bond acceptors (Lipinski definition) is 7. The molecule has 0 aromatic carbocycles. The fourth-order valence-electron chi connectivity index (χ4n) is 3.07. The Balaban J connectivity index is 1.37. The van der Waals surface area contributed by atoms with Gasteiger partial charge in [-0.3, -0.25) is 9.88 Å². The summed E-state index contributed by atoms with van der Waals surface area (Å²) in [6.45, 7) is 4.68. The predicted octanol–water partition coefficient (Wildman–Crippen LogP) is 3.28. The van der Waals surface area contributed by atoms with Crippen molar-refractivity contribution in [2.24, 2.45) is 0 Å². The quantitative estimate of drug-likeness (QED) is 0.725. The molecular formula is C17H19N5OS. The van der Waals surface area contributed by atoms with Gasteiger partial charge in [0.15, 0.2) is 5.82 Å². The third-order valence-corrected chi connectivity index (χ3v) is 5.38. The van der Waals surface area contributed by atoms with Crippen molar-refractivity contribution >= 4 is 11.3 Å². The summed E-state index contributed by atoms with van der Waals surface area (Å²) in [6.07, 6.45) is 5.87. The molecule has 124 valence electrons. The Morgan fingerprint density at radius 2 is 2.00 bits per heavy atom. The van der Waals surface area contributed by atoms with Gasteiger partial charge < -0.3 is 4.52 Å². The van der Waals surface area contributed by atoms with Crippen molar-refractivity contribution in [3.8, 4) is 11.3 Å². The van der Waals surface area contributed by atoms with Gasteiger partial charge >= 0.3 is 0 Å². The van der Waals surface area contributed by atoms with Crippen molar-refractivity contribution in [1.29, 1.82) is 0 Å². The molecule has 1 aliphatic rings. The zero-order chi connectivity index (χ0) is 16.4. The van der Waals surface area contributed by atoms with E-state index < -0.39 is 0 Å². The Morgan fingerprint density at radius 3 is 2.71 bits per heavy atom. The van der Waals surface area contributed by atoms with E-state index >= 15 is 0 Å². The SMILES string of the molecule is Cc1nc(CN2CCC(c3nc(-c4ccncc4)cs3)CC2)no1. The van der Waals surface area contributed by atoms with Crippen molar-refractivity contribution in [3.05, 3.63) is 46.6 Å². The Bertz CT molecular complexity index is 792. The van der Waals surface area contributed by atoms with Gasteiger partial charge in [0.2, 0.25) is 5.89 Å². The summed E-state index contributed by atoms with van der Waals surface area (Å²) >= 11 is 1.77. The van der Waals surface area contributed by atoms with Gasteiger partial charge in [-0.1, -0.05) is 5.16 Å². The van der Waals surface area contributed by atoms with Crippen LogP contribution in [0.5, 0.6) is 0 Å². The molecule has 0 amide bonds. The van der Waals surface area contributed by atoms with Crippen LogP contribution in [0, 0.1) is 6.92 Å². The first-order valence-corrected chi connectivity index (χ1v) is 9.03. The molecule has 1 aliphatic heterocycles. The zero-order valence-electron chi connectivity index (χ0n) is 13.6. The van der Waals surface area contributed by atoms with Crippen LogP contribution in [0.2, 0.25) is 0 Å². The minimum atomic E-state index is 0.550. The maximum absolute atomic E-state index is 5.04. The molecule has 1 saturated heterocycles. The summed E-state index contributed by atoms with van der Waals surface area (Å²) in [5.41, 5.74) is 2.19. The van der Waals surface area contributed by atoms with Gasteiger partial charge in [0.1, 0.15) is 0 Å². The third kappa shape index (κ3) is 3.37. The molecule has 24 heavy (non-hydrogen) atoms. The lowest BCUT2D eigenvalue weighted by Crippen LogP contribution is -2.32. The summed E-state index contributed by atoms with van der Waals surface area (Å²) in [5, 5.41) is 7.38. The van der Waals surface area contributed by atoms with Crippen molar-refractivity contribution in [2.45, 2.75) is 32.2 Å². The maximum Gasteiger partial charge on any atom is 0.223 e. The molecule has 3 aromatic heterocycles. The van der Waals surface area contributed by atoms with E-state index in [1.54, 1.807) is 11.3 Å². The number of likely N-dealkylation sites (tertiary alicyclic amines) is 1. The molecule has 0 bridgehead atoms. The average molecular weight is 341 g/mol.